The summed E-state index contributed by atoms with van der Waals surface area (Å²) in [6, 6.07) is -0.0385. The predicted octanol–water partition coefficient (Wildman–Crippen LogP) is 2.26. The Morgan fingerprint density at radius 1 is 1.29 bits per heavy atom. The van der Waals surface area contributed by atoms with Crippen LogP contribution in [-0.4, -0.2) is 54.4 Å². The Morgan fingerprint density at radius 2 is 2.04 bits per heavy atom. The second-order valence-corrected chi connectivity index (χ2v) is 9.40. The van der Waals surface area contributed by atoms with Crippen molar-refractivity contribution in [3.05, 3.63) is 17.5 Å². The SMILES string of the molecule is CC1CN(c2ncc3c(n2)CC(C)(C)CC3NC(=O)C2CCOC2)CC(C)O1. The van der Waals surface area contributed by atoms with Crippen LogP contribution < -0.4 is 10.2 Å². The third-order valence-corrected chi connectivity index (χ3v) is 5.98. The minimum absolute atomic E-state index is 0.0370. The molecule has 2 saturated heterocycles. The molecule has 3 heterocycles. The summed E-state index contributed by atoms with van der Waals surface area (Å²) >= 11 is 0. The third kappa shape index (κ3) is 4.15. The minimum atomic E-state index is -0.0385. The number of aromatic nitrogens is 2. The van der Waals surface area contributed by atoms with Gasteiger partial charge in [-0.1, -0.05) is 13.8 Å². The van der Waals surface area contributed by atoms with E-state index in [4.69, 9.17) is 14.5 Å². The van der Waals surface area contributed by atoms with Gasteiger partial charge in [0, 0.05) is 31.5 Å². The zero-order chi connectivity index (χ0) is 19.9. The molecular weight excluding hydrogens is 356 g/mol. The van der Waals surface area contributed by atoms with Crippen LogP contribution in [0.3, 0.4) is 0 Å². The number of morpholine rings is 1. The van der Waals surface area contributed by atoms with Crippen LogP contribution in [0.2, 0.25) is 0 Å². The number of ether oxygens (including phenoxy) is 2. The highest BCUT2D eigenvalue weighted by molar-refractivity contribution is 5.79. The van der Waals surface area contributed by atoms with E-state index >= 15 is 0 Å². The highest BCUT2D eigenvalue weighted by Gasteiger charge is 2.36. The standard InChI is InChI=1S/C21H32N4O3/c1-13-10-25(11-14(2)28-13)20-22-9-16-17(7-21(3,4)8-18(16)24-20)23-19(26)15-5-6-27-12-15/h9,13-15,17H,5-8,10-12H2,1-4H3,(H,23,26). The maximum Gasteiger partial charge on any atom is 0.226 e. The zero-order valence-corrected chi connectivity index (χ0v) is 17.4. The van der Waals surface area contributed by atoms with Gasteiger partial charge in [-0.3, -0.25) is 4.79 Å². The average Bonchev–Trinajstić information content (AvgIpc) is 3.14. The Bertz CT molecular complexity index is 722. The summed E-state index contributed by atoms with van der Waals surface area (Å²) in [5.74, 6) is 0.823. The first-order valence-corrected chi connectivity index (χ1v) is 10.4. The Balaban J connectivity index is 1.56. The molecule has 154 valence electrons. The molecule has 28 heavy (non-hydrogen) atoms. The molecule has 3 aliphatic rings. The number of fused-ring (bicyclic) bond motifs is 1. The maximum atomic E-state index is 12.7. The van der Waals surface area contributed by atoms with Gasteiger partial charge in [0.25, 0.3) is 0 Å². The summed E-state index contributed by atoms with van der Waals surface area (Å²) in [5, 5.41) is 3.25. The molecule has 1 aromatic rings. The van der Waals surface area contributed by atoms with Crippen molar-refractivity contribution in [2.75, 3.05) is 31.2 Å². The molecule has 4 atom stereocenters. The van der Waals surface area contributed by atoms with Crippen LogP contribution in [0, 0.1) is 11.3 Å². The van der Waals surface area contributed by atoms with Gasteiger partial charge in [-0.25, -0.2) is 9.97 Å². The number of carbonyl (C=O) groups is 1. The van der Waals surface area contributed by atoms with E-state index in [1.165, 1.54) is 0 Å². The molecule has 4 rings (SSSR count). The normalized spacial score (nSPS) is 32.1. The van der Waals surface area contributed by atoms with Crippen molar-refractivity contribution in [3.8, 4) is 0 Å². The molecule has 2 fully saturated rings. The molecule has 7 heteroatoms. The molecule has 4 unspecified atom stereocenters. The first kappa shape index (κ1) is 19.6. The van der Waals surface area contributed by atoms with Gasteiger partial charge in [-0.05, 0) is 38.5 Å². The van der Waals surface area contributed by atoms with Crippen molar-refractivity contribution in [3.63, 3.8) is 0 Å². The van der Waals surface area contributed by atoms with E-state index in [9.17, 15) is 4.79 Å². The number of nitrogens with one attached hydrogen (secondary N) is 1. The number of anilines is 1. The van der Waals surface area contributed by atoms with Gasteiger partial charge in [0.15, 0.2) is 0 Å². The van der Waals surface area contributed by atoms with Crippen LogP contribution in [0.25, 0.3) is 0 Å². The van der Waals surface area contributed by atoms with Gasteiger partial charge < -0.3 is 19.7 Å². The Kier molecular flexibility index (Phi) is 5.31. The molecule has 1 aromatic heterocycles. The van der Waals surface area contributed by atoms with Crippen molar-refractivity contribution in [2.24, 2.45) is 11.3 Å². The summed E-state index contributed by atoms with van der Waals surface area (Å²) in [5.41, 5.74) is 2.19. The average molecular weight is 389 g/mol. The van der Waals surface area contributed by atoms with Crippen molar-refractivity contribution in [1.29, 1.82) is 0 Å². The van der Waals surface area contributed by atoms with Crippen LogP contribution >= 0.6 is 0 Å². The molecule has 1 N–H and O–H groups in total. The fourth-order valence-electron chi connectivity index (χ4n) is 4.69. The second-order valence-electron chi connectivity index (χ2n) is 9.40. The van der Waals surface area contributed by atoms with Crippen LogP contribution in [0.1, 0.15) is 57.8 Å². The smallest absolute Gasteiger partial charge is 0.226 e. The van der Waals surface area contributed by atoms with E-state index in [0.717, 1.165) is 49.6 Å². The summed E-state index contributed by atoms with van der Waals surface area (Å²) in [4.78, 5) is 24.5. The maximum absolute atomic E-state index is 12.7. The highest BCUT2D eigenvalue weighted by atomic mass is 16.5. The molecule has 1 amide bonds. The van der Waals surface area contributed by atoms with Crippen LogP contribution in [0.4, 0.5) is 5.95 Å². The van der Waals surface area contributed by atoms with Crippen LogP contribution in [0.15, 0.2) is 6.20 Å². The van der Waals surface area contributed by atoms with Crippen LogP contribution in [-0.2, 0) is 20.7 Å². The number of amides is 1. The summed E-state index contributed by atoms with van der Waals surface area (Å²) in [6.45, 7) is 11.5. The van der Waals surface area contributed by atoms with Crippen molar-refractivity contribution in [2.45, 2.75) is 65.2 Å². The van der Waals surface area contributed by atoms with Crippen LogP contribution in [0.5, 0.6) is 0 Å². The molecular formula is C21H32N4O3. The van der Waals surface area contributed by atoms with Gasteiger partial charge in [0.2, 0.25) is 11.9 Å². The monoisotopic (exact) mass is 388 g/mol. The van der Waals surface area contributed by atoms with Crippen molar-refractivity contribution < 1.29 is 14.3 Å². The van der Waals surface area contributed by atoms with Crippen molar-refractivity contribution >= 4 is 11.9 Å². The van der Waals surface area contributed by atoms with E-state index in [1.807, 2.05) is 6.20 Å². The fraction of sp³-hybridized carbons (Fsp3) is 0.762. The topological polar surface area (TPSA) is 76.6 Å². The highest BCUT2D eigenvalue weighted by Crippen LogP contribution is 2.40. The quantitative estimate of drug-likeness (QED) is 0.856. The van der Waals surface area contributed by atoms with Gasteiger partial charge in [0.1, 0.15) is 0 Å². The van der Waals surface area contributed by atoms with Gasteiger partial charge in [-0.2, -0.15) is 0 Å². The van der Waals surface area contributed by atoms with Gasteiger partial charge >= 0.3 is 0 Å². The third-order valence-electron chi connectivity index (χ3n) is 5.98. The van der Waals surface area contributed by atoms with E-state index in [2.05, 4.69) is 42.9 Å². The Hall–Kier alpha value is -1.73. The number of hydrogen-bond acceptors (Lipinski definition) is 6. The predicted molar refractivity (Wildman–Crippen MR) is 106 cm³/mol. The molecule has 7 nitrogen and oxygen atoms in total. The summed E-state index contributed by atoms with van der Waals surface area (Å²) in [7, 11) is 0. The lowest BCUT2D eigenvalue weighted by Gasteiger charge is -2.38. The van der Waals surface area contributed by atoms with Gasteiger partial charge in [-0.15, -0.1) is 0 Å². The largest absolute Gasteiger partial charge is 0.381 e. The minimum Gasteiger partial charge on any atom is -0.381 e. The number of nitrogens with zero attached hydrogens (tertiary/aromatic N) is 3. The first-order valence-electron chi connectivity index (χ1n) is 10.4. The summed E-state index contributed by atoms with van der Waals surface area (Å²) < 4.78 is 11.2. The lowest BCUT2D eigenvalue weighted by molar-refractivity contribution is -0.126. The van der Waals surface area contributed by atoms with E-state index in [1.54, 1.807) is 0 Å². The van der Waals surface area contributed by atoms with Crippen molar-refractivity contribution in [1.82, 2.24) is 15.3 Å². The molecule has 0 saturated carbocycles. The number of hydrogen-bond donors (Lipinski definition) is 1. The fourth-order valence-corrected chi connectivity index (χ4v) is 4.69. The first-order chi connectivity index (χ1) is 13.3. The molecule has 0 aromatic carbocycles. The second kappa shape index (κ2) is 7.59. The van der Waals surface area contributed by atoms with E-state index in [-0.39, 0.29) is 35.5 Å². The lowest BCUT2D eigenvalue weighted by atomic mass is 9.74. The molecule has 0 bridgehead atoms. The van der Waals surface area contributed by atoms with E-state index in [0.29, 0.717) is 13.2 Å². The number of rotatable bonds is 3. The Labute approximate surface area is 167 Å². The molecule has 0 radical (unpaired) electrons. The molecule has 1 aliphatic carbocycles. The van der Waals surface area contributed by atoms with E-state index < -0.39 is 0 Å². The summed E-state index contributed by atoms with van der Waals surface area (Å²) in [6.07, 6.45) is 4.85. The Morgan fingerprint density at radius 3 is 2.71 bits per heavy atom. The van der Waals surface area contributed by atoms with Gasteiger partial charge in [0.05, 0.1) is 36.5 Å². The zero-order valence-electron chi connectivity index (χ0n) is 17.4. The molecule has 2 aliphatic heterocycles. The lowest BCUT2D eigenvalue weighted by Crippen LogP contribution is -2.46. The number of carbonyl (C=O) groups excluding carboxylic acids is 1. The molecule has 0 spiro atoms.